The summed E-state index contributed by atoms with van der Waals surface area (Å²) in [7, 11) is 1.64. The van der Waals surface area contributed by atoms with Gasteiger partial charge in [-0.1, -0.05) is 51.5 Å². The minimum absolute atomic E-state index is 0.000837. The summed E-state index contributed by atoms with van der Waals surface area (Å²) in [5.41, 5.74) is 2.19. The molecular formula is C24H36O5. The van der Waals surface area contributed by atoms with Crippen molar-refractivity contribution in [2.75, 3.05) is 13.7 Å². The van der Waals surface area contributed by atoms with Crippen LogP contribution in [0, 0.1) is 23.7 Å². The SMILES string of the molecule is COc1ccc(COC[C@H](C)[C@@H]2OC(=O)[C@@H]([C@H](O)C(C)C)C/C(C)=C\[C@@H]2C)cc1. The highest BCUT2D eigenvalue weighted by atomic mass is 16.5. The first-order valence-corrected chi connectivity index (χ1v) is 10.5. The zero-order valence-electron chi connectivity index (χ0n) is 18.6. The van der Waals surface area contributed by atoms with Crippen molar-refractivity contribution in [3.05, 3.63) is 41.5 Å². The highest BCUT2D eigenvalue weighted by Crippen LogP contribution is 2.30. The van der Waals surface area contributed by atoms with Gasteiger partial charge in [-0.25, -0.2) is 0 Å². The molecule has 1 aromatic carbocycles. The fraction of sp³-hybridized carbons (Fsp3) is 0.625. The van der Waals surface area contributed by atoms with Crippen LogP contribution >= 0.6 is 0 Å². The van der Waals surface area contributed by atoms with Crippen molar-refractivity contribution >= 4 is 5.97 Å². The molecule has 0 bridgehead atoms. The van der Waals surface area contributed by atoms with Gasteiger partial charge in [-0.2, -0.15) is 0 Å². The van der Waals surface area contributed by atoms with E-state index in [1.807, 2.05) is 52.0 Å². The van der Waals surface area contributed by atoms with Gasteiger partial charge >= 0.3 is 5.97 Å². The predicted molar refractivity (Wildman–Crippen MR) is 114 cm³/mol. The Kier molecular flexibility index (Phi) is 8.72. The molecule has 2 rings (SSSR count). The molecule has 0 aromatic heterocycles. The number of benzene rings is 1. The maximum atomic E-state index is 12.8. The Bertz CT molecular complexity index is 679. The van der Waals surface area contributed by atoms with E-state index in [0.717, 1.165) is 16.9 Å². The Balaban J connectivity index is 2.00. The number of esters is 1. The third-order valence-electron chi connectivity index (χ3n) is 5.63. The summed E-state index contributed by atoms with van der Waals surface area (Å²) in [6.07, 6.45) is 1.71. The average molecular weight is 405 g/mol. The summed E-state index contributed by atoms with van der Waals surface area (Å²) in [4.78, 5) is 12.8. The van der Waals surface area contributed by atoms with Gasteiger partial charge in [-0.3, -0.25) is 4.79 Å². The van der Waals surface area contributed by atoms with E-state index in [9.17, 15) is 9.90 Å². The molecule has 0 saturated carbocycles. The minimum atomic E-state index is -0.707. The van der Waals surface area contributed by atoms with E-state index in [2.05, 4.69) is 13.0 Å². The molecule has 1 aliphatic rings. The summed E-state index contributed by atoms with van der Waals surface area (Å²) in [6.45, 7) is 11.0. The van der Waals surface area contributed by atoms with Crippen LogP contribution < -0.4 is 4.74 Å². The largest absolute Gasteiger partial charge is 0.497 e. The van der Waals surface area contributed by atoms with Crippen LogP contribution in [0.4, 0.5) is 0 Å². The van der Waals surface area contributed by atoms with Crippen LogP contribution in [0.2, 0.25) is 0 Å². The smallest absolute Gasteiger partial charge is 0.312 e. The van der Waals surface area contributed by atoms with Gasteiger partial charge in [0.05, 0.1) is 32.3 Å². The monoisotopic (exact) mass is 404 g/mol. The molecule has 1 aliphatic heterocycles. The Hall–Kier alpha value is -1.85. The molecule has 5 nitrogen and oxygen atoms in total. The highest BCUT2D eigenvalue weighted by molar-refractivity contribution is 5.74. The number of aliphatic hydroxyl groups excluding tert-OH is 1. The lowest BCUT2D eigenvalue weighted by molar-refractivity contribution is -0.166. The number of rotatable bonds is 8. The van der Waals surface area contributed by atoms with E-state index in [1.54, 1.807) is 7.11 Å². The predicted octanol–water partition coefficient (Wildman–Crippen LogP) is 4.38. The maximum absolute atomic E-state index is 12.8. The van der Waals surface area contributed by atoms with Crippen molar-refractivity contribution in [2.24, 2.45) is 23.7 Å². The van der Waals surface area contributed by atoms with E-state index in [4.69, 9.17) is 14.2 Å². The molecule has 0 amide bonds. The number of aliphatic hydroxyl groups is 1. The number of ether oxygens (including phenoxy) is 3. The van der Waals surface area contributed by atoms with Crippen LogP contribution in [0.25, 0.3) is 0 Å². The van der Waals surface area contributed by atoms with Crippen molar-refractivity contribution in [3.63, 3.8) is 0 Å². The molecule has 0 unspecified atom stereocenters. The van der Waals surface area contributed by atoms with Gasteiger partial charge in [0.2, 0.25) is 0 Å². The van der Waals surface area contributed by atoms with Crippen LogP contribution in [-0.4, -0.2) is 37.0 Å². The van der Waals surface area contributed by atoms with E-state index in [-0.39, 0.29) is 29.8 Å². The number of hydrogen-bond acceptors (Lipinski definition) is 5. The molecular weight excluding hydrogens is 368 g/mol. The second-order valence-electron chi connectivity index (χ2n) is 8.66. The molecule has 0 radical (unpaired) electrons. The fourth-order valence-corrected chi connectivity index (χ4v) is 3.91. The third-order valence-corrected chi connectivity index (χ3v) is 5.63. The Labute approximate surface area is 175 Å². The van der Waals surface area contributed by atoms with E-state index in [0.29, 0.717) is 19.6 Å². The number of methoxy groups -OCH3 is 1. The topological polar surface area (TPSA) is 65.0 Å². The number of allylic oxidation sites excluding steroid dienone is 1. The van der Waals surface area contributed by atoms with Crippen molar-refractivity contribution in [3.8, 4) is 5.75 Å². The lowest BCUT2D eigenvalue weighted by Crippen LogP contribution is -2.41. The lowest BCUT2D eigenvalue weighted by Gasteiger charge is -2.34. The first kappa shape index (κ1) is 23.4. The summed E-state index contributed by atoms with van der Waals surface area (Å²) < 4.78 is 17.0. The van der Waals surface area contributed by atoms with Crippen molar-refractivity contribution in [1.29, 1.82) is 0 Å². The molecule has 0 saturated heterocycles. The van der Waals surface area contributed by atoms with Crippen LogP contribution in [0.1, 0.15) is 46.6 Å². The number of carbonyl (C=O) groups is 1. The molecule has 0 spiro atoms. The molecule has 5 heteroatoms. The lowest BCUT2D eigenvalue weighted by atomic mass is 9.84. The summed E-state index contributed by atoms with van der Waals surface area (Å²) in [5.74, 6) is 0.117. The number of carbonyl (C=O) groups excluding carboxylic acids is 1. The fourth-order valence-electron chi connectivity index (χ4n) is 3.91. The minimum Gasteiger partial charge on any atom is -0.497 e. The molecule has 29 heavy (non-hydrogen) atoms. The third kappa shape index (κ3) is 6.58. The molecule has 1 aromatic rings. The summed E-state index contributed by atoms with van der Waals surface area (Å²) >= 11 is 0. The van der Waals surface area contributed by atoms with Gasteiger partial charge in [0, 0.05) is 11.8 Å². The van der Waals surface area contributed by atoms with Crippen molar-refractivity contribution in [2.45, 2.75) is 59.9 Å². The van der Waals surface area contributed by atoms with Gasteiger partial charge in [-0.05, 0) is 37.0 Å². The normalized spacial score (nSPS) is 26.7. The van der Waals surface area contributed by atoms with E-state index in [1.165, 1.54) is 0 Å². The van der Waals surface area contributed by atoms with E-state index >= 15 is 0 Å². The number of hydrogen-bond donors (Lipinski definition) is 1. The molecule has 0 aliphatic carbocycles. The highest BCUT2D eigenvalue weighted by Gasteiger charge is 2.36. The van der Waals surface area contributed by atoms with Crippen LogP contribution in [0.5, 0.6) is 5.75 Å². The zero-order chi connectivity index (χ0) is 21.6. The van der Waals surface area contributed by atoms with Gasteiger partial charge in [0.1, 0.15) is 11.9 Å². The first-order valence-electron chi connectivity index (χ1n) is 10.5. The van der Waals surface area contributed by atoms with Crippen LogP contribution in [0.3, 0.4) is 0 Å². The summed E-state index contributed by atoms with van der Waals surface area (Å²) in [6, 6.07) is 7.78. The van der Waals surface area contributed by atoms with Gasteiger partial charge < -0.3 is 19.3 Å². The Morgan fingerprint density at radius 3 is 2.45 bits per heavy atom. The van der Waals surface area contributed by atoms with Crippen LogP contribution in [-0.2, 0) is 20.9 Å². The molecule has 0 fully saturated rings. The van der Waals surface area contributed by atoms with Gasteiger partial charge in [0.15, 0.2) is 0 Å². The molecule has 1 N–H and O–H groups in total. The Morgan fingerprint density at radius 2 is 1.86 bits per heavy atom. The second kappa shape index (κ2) is 10.8. The zero-order valence-corrected chi connectivity index (χ0v) is 18.6. The quantitative estimate of drug-likeness (QED) is 0.515. The standard InChI is InChI=1S/C24H36O5/c1-15(2)22(25)21-12-16(3)11-17(4)23(29-24(21)26)18(5)13-28-14-19-7-9-20(27-6)10-8-19/h7-11,15,17-18,21-23,25H,12-14H2,1-6H3/b16-11-/t17-,18-,21+,22+,23+/m0/s1. The average Bonchev–Trinajstić information content (AvgIpc) is 2.68. The second-order valence-corrected chi connectivity index (χ2v) is 8.66. The first-order chi connectivity index (χ1) is 13.7. The van der Waals surface area contributed by atoms with Crippen molar-refractivity contribution in [1.82, 2.24) is 0 Å². The van der Waals surface area contributed by atoms with Crippen LogP contribution in [0.15, 0.2) is 35.9 Å². The summed E-state index contributed by atoms with van der Waals surface area (Å²) in [5, 5.41) is 10.5. The maximum Gasteiger partial charge on any atom is 0.312 e. The molecule has 1 heterocycles. The van der Waals surface area contributed by atoms with Gasteiger partial charge in [0.25, 0.3) is 0 Å². The molecule has 162 valence electrons. The number of cyclic esters (lactones) is 1. The Morgan fingerprint density at radius 1 is 1.21 bits per heavy atom. The molecule has 5 atom stereocenters. The van der Waals surface area contributed by atoms with Gasteiger partial charge in [-0.15, -0.1) is 0 Å². The van der Waals surface area contributed by atoms with Crippen molar-refractivity contribution < 1.29 is 24.1 Å². The van der Waals surface area contributed by atoms with E-state index < -0.39 is 12.0 Å².